The minimum absolute atomic E-state index is 0. The zero-order valence-electron chi connectivity index (χ0n) is 6.45. The molecule has 0 fully saturated rings. The molecule has 0 aromatic carbocycles. The summed E-state index contributed by atoms with van der Waals surface area (Å²) < 4.78 is 0. The Kier molecular flexibility index (Phi) is 3.28. The maximum atomic E-state index is 4.31. The van der Waals surface area contributed by atoms with Crippen LogP contribution in [0.15, 0.2) is 22.5 Å². The number of allylic oxidation sites excluding steroid dienone is 4. The van der Waals surface area contributed by atoms with Gasteiger partial charge in [-0.2, -0.15) is 0 Å². The molecule has 0 aromatic heterocycles. The Hall–Kier alpha value is -0.123. The first-order valence-electron chi connectivity index (χ1n) is 3.20. The van der Waals surface area contributed by atoms with E-state index >= 15 is 0 Å². The van der Waals surface area contributed by atoms with E-state index in [2.05, 4.69) is 33.0 Å². The molecule has 0 N–H and O–H groups in total. The van der Waals surface area contributed by atoms with Crippen LogP contribution in [0.25, 0.3) is 0 Å². The third kappa shape index (κ3) is 1.48. The Morgan fingerprint density at radius 1 is 0.800 bits per heavy atom. The molecule has 1 aliphatic heterocycles. The Balaban J connectivity index is 0.000000810. The van der Waals surface area contributed by atoms with Crippen LogP contribution in [-0.4, -0.2) is 18.9 Å². The normalized spacial score (nSPS) is 17.2. The standard InChI is InChI=1S/C8H12N.Li.H/c1-5-6(2)8(4)9-7(5)3;;/h1-4H3;;. The molecule has 0 atom stereocenters. The number of nitrogens with zero attached hydrogens (tertiary/aromatic N) is 1. The van der Waals surface area contributed by atoms with Crippen molar-refractivity contribution in [3.05, 3.63) is 22.5 Å². The summed E-state index contributed by atoms with van der Waals surface area (Å²) >= 11 is 0. The van der Waals surface area contributed by atoms with E-state index in [1.807, 2.05) is 0 Å². The molecule has 0 aliphatic carbocycles. The molecule has 1 radical (unpaired) electrons. The van der Waals surface area contributed by atoms with Crippen molar-refractivity contribution in [3.8, 4) is 0 Å². The van der Waals surface area contributed by atoms with E-state index in [-0.39, 0.29) is 18.9 Å². The number of hydrogen-bond acceptors (Lipinski definition) is 0. The fraction of sp³-hybridized carbons (Fsp3) is 0.500. The molecular weight excluding hydrogens is 117 g/mol. The molecule has 0 saturated heterocycles. The SMILES string of the molecule is CC1=C(C)C(C)=C(C)[N]1.[LiH]. The molecule has 0 unspecified atom stereocenters. The van der Waals surface area contributed by atoms with Gasteiger partial charge in [-0.15, -0.1) is 0 Å². The zero-order chi connectivity index (χ0) is 7.02. The molecule has 1 rings (SSSR count). The van der Waals surface area contributed by atoms with Gasteiger partial charge in [0.1, 0.15) is 0 Å². The quantitative estimate of drug-likeness (QED) is 0.442. The third-order valence-electron chi connectivity index (χ3n) is 1.98. The summed E-state index contributed by atoms with van der Waals surface area (Å²) in [7, 11) is 0. The monoisotopic (exact) mass is 130 g/mol. The maximum absolute atomic E-state index is 4.31. The van der Waals surface area contributed by atoms with Crippen LogP contribution in [-0.2, 0) is 0 Å². The van der Waals surface area contributed by atoms with Crippen LogP contribution >= 0.6 is 0 Å². The van der Waals surface area contributed by atoms with Gasteiger partial charge in [-0.25, -0.2) is 0 Å². The van der Waals surface area contributed by atoms with Crippen molar-refractivity contribution >= 4 is 18.9 Å². The van der Waals surface area contributed by atoms with Crippen LogP contribution in [0.4, 0.5) is 0 Å². The first kappa shape index (κ1) is 9.88. The summed E-state index contributed by atoms with van der Waals surface area (Å²) in [6.45, 7) is 8.33. The summed E-state index contributed by atoms with van der Waals surface area (Å²) in [5.41, 5.74) is 5.02. The van der Waals surface area contributed by atoms with Gasteiger partial charge >= 0.3 is 18.9 Å². The van der Waals surface area contributed by atoms with Crippen LogP contribution in [0, 0.1) is 0 Å². The van der Waals surface area contributed by atoms with Gasteiger partial charge in [0.15, 0.2) is 0 Å². The van der Waals surface area contributed by atoms with Crippen molar-refractivity contribution in [1.29, 1.82) is 0 Å². The Labute approximate surface area is 74.8 Å². The third-order valence-corrected chi connectivity index (χ3v) is 1.98. The molecule has 1 heterocycles. The van der Waals surface area contributed by atoms with E-state index in [1.54, 1.807) is 0 Å². The molecule has 2 heteroatoms. The van der Waals surface area contributed by atoms with E-state index in [0.29, 0.717) is 0 Å². The molecule has 0 spiro atoms. The second kappa shape index (κ2) is 3.32. The predicted octanol–water partition coefficient (Wildman–Crippen LogP) is 1.54. The van der Waals surface area contributed by atoms with Crippen molar-refractivity contribution in [3.63, 3.8) is 0 Å². The van der Waals surface area contributed by atoms with Crippen molar-refractivity contribution < 1.29 is 0 Å². The van der Waals surface area contributed by atoms with Gasteiger partial charge in [0.25, 0.3) is 0 Å². The van der Waals surface area contributed by atoms with Gasteiger partial charge in [-0.1, -0.05) is 0 Å². The van der Waals surface area contributed by atoms with Crippen LogP contribution < -0.4 is 5.32 Å². The second-order valence-corrected chi connectivity index (χ2v) is 2.53. The minimum atomic E-state index is 0. The van der Waals surface area contributed by atoms with Gasteiger partial charge in [0.05, 0.1) is 0 Å². The predicted molar refractivity (Wildman–Crippen MR) is 46.0 cm³/mol. The molecule has 1 aliphatic rings. The topological polar surface area (TPSA) is 14.1 Å². The summed E-state index contributed by atoms with van der Waals surface area (Å²) in [5, 5.41) is 4.31. The average Bonchev–Trinajstić information content (AvgIpc) is 1.98. The molecule has 0 bridgehead atoms. The van der Waals surface area contributed by atoms with Gasteiger partial charge < -0.3 is 0 Å². The summed E-state index contributed by atoms with van der Waals surface area (Å²) in [5.74, 6) is 0. The summed E-state index contributed by atoms with van der Waals surface area (Å²) in [6, 6.07) is 0. The zero-order valence-corrected chi connectivity index (χ0v) is 6.45. The first-order valence-corrected chi connectivity index (χ1v) is 3.20. The van der Waals surface area contributed by atoms with Gasteiger partial charge in [-0.3, -0.25) is 5.32 Å². The first-order chi connectivity index (χ1) is 4.13. The van der Waals surface area contributed by atoms with E-state index < -0.39 is 0 Å². The summed E-state index contributed by atoms with van der Waals surface area (Å²) in [4.78, 5) is 0. The number of hydrogen-bond donors (Lipinski definition) is 0. The molecule has 51 valence electrons. The fourth-order valence-corrected chi connectivity index (χ4v) is 0.962. The molecule has 0 amide bonds. The summed E-state index contributed by atoms with van der Waals surface area (Å²) in [6.07, 6.45) is 0. The molecular formula is C8H13LiN. The molecule has 0 saturated carbocycles. The van der Waals surface area contributed by atoms with Gasteiger partial charge in [-0.05, 0) is 38.8 Å². The molecule has 0 aromatic rings. The van der Waals surface area contributed by atoms with Crippen LogP contribution in [0.1, 0.15) is 27.7 Å². The molecule has 1 nitrogen and oxygen atoms in total. The fourth-order valence-electron chi connectivity index (χ4n) is 0.962. The van der Waals surface area contributed by atoms with Gasteiger partial charge in [0, 0.05) is 11.4 Å². The van der Waals surface area contributed by atoms with Crippen LogP contribution in [0.5, 0.6) is 0 Å². The number of rotatable bonds is 0. The van der Waals surface area contributed by atoms with E-state index in [4.69, 9.17) is 0 Å². The van der Waals surface area contributed by atoms with Crippen LogP contribution in [0.2, 0.25) is 0 Å². The van der Waals surface area contributed by atoms with E-state index in [9.17, 15) is 0 Å². The van der Waals surface area contributed by atoms with Crippen molar-refractivity contribution in [2.75, 3.05) is 0 Å². The van der Waals surface area contributed by atoms with Crippen molar-refractivity contribution in [2.45, 2.75) is 27.7 Å². The average molecular weight is 130 g/mol. The van der Waals surface area contributed by atoms with E-state index in [0.717, 1.165) is 0 Å². The Morgan fingerprint density at radius 2 is 1.10 bits per heavy atom. The van der Waals surface area contributed by atoms with Gasteiger partial charge in [0.2, 0.25) is 0 Å². The Morgan fingerprint density at radius 3 is 1.20 bits per heavy atom. The van der Waals surface area contributed by atoms with E-state index in [1.165, 1.54) is 22.5 Å². The molecule has 10 heavy (non-hydrogen) atoms. The van der Waals surface area contributed by atoms with Crippen LogP contribution in [0.3, 0.4) is 0 Å². The Bertz CT molecular complexity index is 179. The second-order valence-electron chi connectivity index (χ2n) is 2.53. The van der Waals surface area contributed by atoms with Crippen molar-refractivity contribution in [1.82, 2.24) is 5.32 Å². The van der Waals surface area contributed by atoms with Crippen molar-refractivity contribution in [2.24, 2.45) is 0 Å².